The zero-order valence-corrected chi connectivity index (χ0v) is 16.0. The van der Waals surface area contributed by atoms with E-state index in [1.54, 1.807) is 31.3 Å². The van der Waals surface area contributed by atoms with Crippen LogP contribution in [0.1, 0.15) is 21.5 Å². The highest BCUT2D eigenvalue weighted by Crippen LogP contribution is 2.32. The number of amides is 1. The lowest BCUT2D eigenvalue weighted by molar-refractivity contribution is 0.0989. The number of amidine groups is 1. The third-order valence-electron chi connectivity index (χ3n) is 4.70. The highest BCUT2D eigenvalue weighted by molar-refractivity contribution is 7.11. The number of rotatable bonds is 4. The molecule has 0 saturated carbocycles. The lowest BCUT2D eigenvalue weighted by atomic mass is 10.1. The van der Waals surface area contributed by atoms with Crippen LogP contribution in [0.4, 0.5) is 16.4 Å². The van der Waals surface area contributed by atoms with E-state index in [-0.39, 0.29) is 17.6 Å². The van der Waals surface area contributed by atoms with Crippen LogP contribution in [0.3, 0.4) is 0 Å². The third-order valence-corrected chi connectivity index (χ3v) is 5.45. The minimum Gasteiger partial charge on any atom is -0.492 e. The number of benzene rings is 2. The fourth-order valence-corrected chi connectivity index (χ4v) is 3.97. The second-order valence-corrected chi connectivity index (χ2v) is 7.15. The Morgan fingerprint density at radius 3 is 2.71 bits per heavy atom. The highest BCUT2D eigenvalue weighted by Gasteiger charge is 2.25. The second kappa shape index (κ2) is 7.32. The van der Waals surface area contributed by atoms with E-state index in [1.165, 1.54) is 5.56 Å². The Hall–Kier alpha value is -3.39. The van der Waals surface area contributed by atoms with Crippen molar-refractivity contribution in [2.75, 3.05) is 23.8 Å². The molecule has 4 rings (SSSR count). The van der Waals surface area contributed by atoms with Crippen molar-refractivity contribution < 1.29 is 9.90 Å². The number of nitrogens with zero attached hydrogens (tertiary/aromatic N) is 2. The number of anilines is 3. The van der Waals surface area contributed by atoms with Crippen molar-refractivity contribution in [3.05, 3.63) is 65.2 Å². The van der Waals surface area contributed by atoms with Crippen LogP contribution in [0.15, 0.2) is 48.5 Å². The van der Waals surface area contributed by atoms with Gasteiger partial charge in [-0.15, -0.1) is 0 Å². The van der Waals surface area contributed by atoms with Gasteiger partial charge in [-0.25, -0.2) is 0 Å². The molecule has 0 saturated heterocycles. The van der Waals surface area contributed by atoms with E-state index in [0.717, 1.165) is 29.3 Å². The molecule has 2 heterocycles. The van der Waals surface area contributed by atoms with Crippen LogP contribution in [0.2, 0.25) is 0 Å². The number of para-hydroxylation sites is 1. The number of aromatic nitrogens is 1. The molecular weight excluding hydrogens is 374 g/mol. The van der Waals surface area contributed by atoms with E-state index >= 15 is 0 Å². The maximum Gasteiger partial charge on any atom is 0.258 e. The number of hydrogen-bond donors (Lipinski definition) is 4. The van der Waals surface area contributed by atoms with Crippen LogP contribution in [0.25, 0.3) is 0 Å². The van der Waals surface area contributed by atoms with Crippen LogP contribution in [0, 0.1) is 5.41 Å². The molecule has 8 heteroatoms. The lowest BCUT2D eigenvalue weighted by Crippen LogP contribution is -2.28. The molecule has 1 aliphatic heterocycles. The Morgan fingerprint density at radius 2 is 1.96 bits per heavy atom. The van der Waals surface area contributed by atoms with Crippen molar-refractivity contribution in [2.45, 2.75) is 6.42 Å². The first-order chi connectivity index (χ1) is 13.6. The number of nitrogens with one attached hydrogen (secondary N) is 3. The zero-order chi connectivity index (χ0) is 19.7. The number of carbonyl (C=O) groups is 1. The number of hydrogen-bond acceptors (Lipinski definition) is 6. The molecule has 0 bridgehead atoms. The predicted octanol–water partition coefficient (Wildman–Crippen LogP) is 3.34. The average molecular weight is 393 g/mol. The van der Waals surface area contributed by atoms with Crippen molar-refractivity contribution in [3.8, 4) is 5.88 Å². The molecule has 0 fully saturated rings. The summed E-state index contributed by atoms with van der Waals surface area (Å²) in [6.07, 6.45) is 0.872. The number of aromatic hydroxyl groups is 1. The Balaban J connectivity index is 1.53. The van der Waals surface area contributed by atoms with Gasteiger partial charge in [-0.2, -0.15) is 4.37 Å². The Bertz CT molecular complexity index is 1050. The van der Waals surface area contributed by atoms with Gasteiger partial charge in [0.2, 0.25) is 5.88 Å². The third kappa shape index (κ3) is 3.18. The maximum absolute atomic E-state index is 12.9. The van der Waals surface area contributed by atoms with Crippen LogP contribution >= 0.6 is 11.5 Å². The average Bonchev–Trinajstić information content (AvgIpc) is 3.31. The molecule has 0 spiro atoms. The standard InChI is InChI=1S/C20H19N5O2S/c1-22-17(21)16-18(26)24-28-19(16)23-14-8-6-13(7-9-14)20(27)25-11-10-12-4-2-3-5-15(12)25/h2-9,23H,10-11H2,1H3,(H2,21,22)(H,24,26). The lowest BCUT2D eigenvalue weighted by Gasteiger charge is -2.17. The summed E-state index contributed by atoms with van der Waals surface area (Å²) in [5.41, 5.74) is 3.84. The zero-order valence-electron chi connectivity index (χ0n) is 15.2. The molecule has 0 radical (unpaired) electrons. The Morgan fingerprint density at radius 1 is 1.21 bits per heavy atom. The number of fused-ring (bicyclic) bond motifs is 1. The van der Waals surface area contributed by atoms with Gasteiger partial charge in [0.05, 0.1) is 0 Å². The molecule has 0 aliphatic carbocycles. The largest absolute Gasteiger partial charge is 0.492 e. The summed E-state index contributed by atoms with van der Waals surface area (Å²) in [5, 5.41) is 24.2. The molecule has 3 aromatic rings. The molecule has 0 atom stereocenters. The van der Waals surface area contributed by atoms with Crippen molar-refractivity contribution in [1.29, 1.82) is 5.41 Å². The first kappa shape index (κ1) is 18.0. The molecular formula is C20H19N5O2S. The summed E-state index contributed by atoms with van der Waals surface area (Å²) in [6, 6.07) is 15.1. The van der Waals surface area contributed by atoms with Gasteiger partial charge in [-0.05, 0) is 53.8 Å². The van der Waals surface area contributed by atoms with Crippen LogP contribution in [-0.2, 0) is 6.42 Å². The Kier molecular flexibility index (Phi) is 4.70. The number of carbonyl (C=O) groups excluding carboxylic acids is 1. The topological polar surface area (TPSA) is 101 Å². The van der Waals surface area contributed by atoms with E-state index in [0.29, 0.717) is 22.7 Å². The van der Waals surface area contributed by atoms with Crippen LogP contribution in [0.5, 0.6) is 5.88 Å². The molecule has 4 N–H and O–H groups in total. The van der Waals surface area contributed by atoms with Crippen LogP contribution in [-0.4, -0.2) is 34.8 Å². The van der Waals surface area contributed by atoms with E-state index in [9.17, 15) is 9.90 Å². The molecule has 1 aliphatic rings. The first-order valence-corrected chi connectivity index (χ1v) is 9.58. The fraction of sp³-hybridized carbons (Fsp3) is 0.150. The SMILES string of the molecule is CNC(=N)c1c(O)nsc1Nc1ccc(C(=O)N2CCc3ccccc32)cc1. The van der Waals surface area contributed by atoms with E-state index in [4.69, 9.17) is 5.41 Å². The van der Waals surface area contributed by atoms with Gasteiger partial charge in [0.15, 0.2) is 0 Å². The summed E-state index contributed by atoms with van der Waals surface area (Å²) in [6.45, 7) is 0.688. The van der Waals surface area contributed by atoms with Gasteiger partial charge in [0.25, 0.3) is 5.91 Å². The summed E-state index contributed by atoms with van der Waals surface area (Å²) in [7, 11) is 1.61. The normalized spacial score (nSPS) is 12.5. The predicted molar refractivity (Wildman–Crippen MR) is 111 cm³/mol. The molecule has 28 heavy (non-hydrogen) atoms. The van der Waals surface area contributed by atoms with Gasteiger partial charge in [-0.3, -0.25) is 10.2 Å². The quantitative estimate of drug-likeness (QED) is 0.402. The van der Waals surface area contributed by atoms with E-state index in [2.05, 4.69) is 21.1 Å². The van der Waals surface area contributed by atoms with Gasteiger partial charge >= 0.3 is 0 Å². The summed E-state index contributed by atoms with van der Waals surface area (Å²) in [4.78, 5) is 14.7. The molecule has 142 valence electrons. The van der Waals surface area contributed by atoms with Gasteiger partial charge in [0.1, 0.15) is 16.4 Å². The van der Waals surface area contributed by atoms with Crippen molar-refractivity contribution in [3.63, 3.8) is 0 Å². The summed E-state index contributed by atoms with van der Waals surface area (Å²) in [5.74, 6) is -0.135. The molecule has 1 amide bonds. The molecule has 2 aromatic carbocycles. The summed E-state index contributed by atoms with van der Waals surface area (Å²) < 4.78 is 3.89. The smallest absolute Gasteiger partial charge is 0.258 e. The van der Waals surface area contributed by atoms with Gasteiger partial charge in [-0.1, -0.05) is 18.2 Å². The fourth-order valence-electron chi connectivity index (χ4n) is 3.25. The first-order valence-electron chi connectivity index (χ1n) is 8.80. The van der Waals surface area contributed by atoms with Crippen LogP contribution < -0.4 is 15.5 Å². The maximum atomic E-state index is 12.9. The molecule has 0 unspecified atom stereocenters. The second-order valence-electron chi connectivity index (χ2n) is 6.37. The van der Waals surface area contributed by atoms with Crippen molar-refractivity contribution >= 4 is 39.7 Å². The van der Waals surface area contributed by atoms with Gasteiger partial charge < -0.3 is 20.6 Å². The van der Waals surface area contributed by atoms with Gasteiger partial charge in [0, 0.05) is 30.5 Å². The minimum atomic E-state index is -0.189. The monoisotopic (exact) mass is 393 g/mol. The minimum absolute atomic E-state index is 0.0235. The molecule has 1 aromatic heterocycles. The summed E-state index contributed by atoms with van der Waals surface area (Å²) >= 11 is 1.07. The van der Waals surface area contributed by atoms with E-state index < -0.39 is 0 Å². The van der Waals surface area contributed by atoms with Crippen molar-refractivity contribution in [2.24, 2.45) is 0 Å². The highest BCUT2D eigenvalue weighted by atomic mass is 32.1. The molecule has 7 nitrogen and oxygen atoms in total. The van der Waals surface area contributed by atoms with E-state index in [1.807, 2.05) is 23.1 Å². The van der Waals surface area contributed by atoms with Crippen molar-refractivity contribution in [1.82, 2.24) is 9.69 Å². The Labute approximate surface area is 166 Å².